The Morgan fingerprint density at radius 1 is 1.11 bits per heavy atom. The molecule has 5 heteroatoms. The summed E-state index contributed by atoms with van der Waals surface area (Å²) >= 11 is 0. The number of ether oxygens (including phenoxy) is 2. The zero-order chi connectivity index (χ0) is 19.4. The molecule has 2 aliphatic rings. The minimum atomic E-state index is -0.543. The minimum Gasteiger partial charge on any atom is -0.444 e. The number of benzene rings is 1. The van der Waals surface area contributed by atoms with Gasteiger partial charge in [-0.1, -0.05) is 30.3 Å². The van der Waals surface area contributed by atoms with E-state index in [1.807, 2.05) is 20.8 Å². The van der Waals surface area contributed by atoms with Crippen LogP contribution in [0.1, 0.15) is 64.4 Å². The molecule has 0 radical (unpaired) electrons. The molecule has 1 aliphatic heterocycles. The summed E-state index contributed by atoms with van der Waals surface area (Å²) in [5.41, 5.74) is 0.879. The number of amides is 1. The number of nitrogens with zero attached hydrogens (tertiary/aromatic N) is 1. The smallest absolute Gasteiger partial charge is 0.410 e. The van der Waals surface area contributed by atoms with Crippen LogP contribution in [0.3, 0.4) is 0 Å². The Balaban J connectivity index is 1.48. The van der Waals surface area contributed by atoms with E-state index < -0.39 is 11.7 Å². The first-order chi connectivity index (χ1) is 12.8. The van der Waals surface area contributed by atoms with Gasteiger partial charge in [0, 0.05) is 6.54 Å². The lowest BCUT2D eigenvalue weighted by Crippen LogP contribution is -2.45. The van der Waals surface area contributed by atoms with Gasteiger partial charge in [0.25, 0.3) is 0 Å². The van der Waals surface area contributed by atoms with Gasteiger partial charge in [-0.15, -0.1) is 0 Å². The molecule has 1 heterocycles. The summed E-state index contributed by atoms with van der Waals surface area (Å²) in [7, 11) is 0. The van der Waals surface area contributed by atoms with Crippen LogP contribution >= 0.6 is 0 Å². The Hall–Kier alpha value is -1.59. The van der Waals surface area contributed by atoms with Crippen LogP contribution < -0.4 is 0 Å². The monoisotopic (exact) mass is 375 g/mol. The van der Waals surface area contributed by atoms with Gasteiger partial charge in [0.1, 0.15) is 5.60 Å². The second-order valence-electron chi connectivity index (χ2n) is 8.81. The first-order valence-corrected chi connectivity index (χ1v) is 10.2. The molecule has 0 unspecified atom stereocenters. The van der Waals surface area contributed by atoms with Crippen LogP contribution in [0.4, 0.5) is 4.79 Å². The van der Waals surface area contributed by atoms with Gasteiger partial charge in [0.2, 0.25) is 0 Å². The summed E-state index contributed by atoms with van der Waals surface area (Å²) in [5, 5.41) is 10.3. The molecular formula is C22H33NO4. The van der Waals surface area contributed by atoms with E-state index >= 15 is 0 Å². The summed E-state index contributed by atoms with van der Waals surface area (Å²) in [5.74, 6) is 0.612. The van der Waals surface area contributed by atoms with Crippen molar-refractivity contribution in [3.05, 3.63) is 35.9 Å². The number of aliphatic hydroxyl groups is 1. The number of hydrogen-bond acceptors (Lipinski definition) is 4. The van der Waals surface area contributed by atoms with E-state index in [0.717, 1.165) is 25.7 Å². The standard InChI is InChI=1S/C22H33NO4/c1-22(2,3)27-21(25)23-14-13-20(24)19(23)15-26-18-11-9-17(10-12-18)16-7-5-4-6-8-16/h4-8,17-20,24H,9-15H2,1-3H3/t17?,18?,19-,20+/m1/s1. The van der Waals surface area contributed by atoms with Crippen molar-refractivity contribution in [1.29, 1.82) is 0 Å². The molecule has 150 valence electrons. The van der Waals surface area contributed by atoms with Crippen LogP contribution in [0.15, 0.2) is 30.3 Å². The van der Waals surface area contributed by atoms with Crippen molar-refractivity contribution in [1.82, 2.24) is 4.90 Å². The highest BCUT2D eigenvalue weighted by Gasteiger charge is 2.39. The van der Waals surface area contributed by atoms with E-state index in [-0.39, 0.29) is 18.2 Å². The number of likely N-dealkylation sites (tertiary alicyclic amines) is 1. The van der Waals surface area contributed by atoms with Crippen molar-refractivity contribution < 1.29 is 19.4 Å². The van der Waals surface area contributed by atoms with Crippen LogP contribution in [-0.4, -0.2) is 53.1 Å². The SMILES string of the molecule is CC(C)(C)OC(=O)N1CC[C@H](O)[C@H]1COC1CCC(c2ccccc2)CC1. The maximum absolute atomic E-state index is 12.4. The molecule has 27 heavy (non-hydrogen) atoms. The molecule has 5 nitrogen and oxygen atoms in total. The molecule has 3 rings (SSSR count). The molecule has 1 saturated carbocycles. The van der Waals surface area contributed by atoms with Crippen molar-refractivity contribution in [3.63, 3.8) is 0 Å². The minimum absolute atomic E-state index is 0.207. The maximum Gasteiger partial charge on any atom is 0.410 e. The molecule has 1 aliphatic carbocycles. The van der Waals surface area contributed by atoms with Gasteiger partial charge in [-0.2, -0.15) is 0 Å². The molecule has 0 aromatic heterocycles. The summed E-state index contributed by atoms with van der Waals surface area (Å²) in [6, 6.07) is 10.4. The summed E-state index contributed by atoms with van der Waals surface area (Å²) < 4.78 is 11.6. The van der Waals surface area contributed by atoms with Gasteiger partial charge in [0.15, 0.2) is 0 Å². The molecular weight excluding hydrogens is 342 g/mol. The van der Waals surface area contributed by atoms with Crippen molar-refractivity contribution in [2.75, 3.05) is 13.2 Å². The molecule has 1 aromatic rings. The number of carbonyl (C=O) groups is 1. The van der Waals surface area contributed by atoms with Gasteiger partial charge in [-0.3, -0.25) is 0 Å². The van der Waals surface area contributed by atoms with Crippen molar-refractivity contribution in [2.24, 2.45) is 0 Å². The lowest BCUT2D eigenvalue weighted by atomic mass is 9.83. The van der Waals surface area contributed by atoms with Crippen molar-refractivity contribution in [2.45, 2.75) is 82.6 Å². The zero-order valence-electron chi connectivity index (χ0n) is 16.8. The average molecular weight is 376 g/mol. The van der Waals surface area contributed by atoms with Gasteiger partial charge in [-0.25, -0.2) is 4.79 Å². The maximum atomic E-state index is 12.4. The van der Waals surface area contributed by atoms with Gasteiger partial charge >= 0.3 is 6.09 Å². The molecule has 1 N–H and O–H groups in total. The molecule has 1 saturated heterocycles. The van der Waals surface area contributed by atoms with Crippen molar-refractivity contribution >= 4 is 6.09 Å². The summed E-state index contributed by atoms with van der Waals surface area (Å²) in [6.45, 7) is 6.46. The van der Waals surface area contributed by atoms with Gasteiger partial charge < -0.3 is 19.5 Å². The van der Waals surface area contributed by atoms with Gasteiger partial charge in [0.05, 0.1) is 24.9 Å². The fraction of sp³-hybridized carbons (Fsp3) is 0.682. The highest BCUT2D eigenvalue weighted by atomic mass is 16.6. The highest BCUT2D eigenvalue weighted by Crippen LogP contribution is 2.34. The molecule has 0 bridgehead atoms. The molecule has 1 amide bonds. The lowest BCUT2D eigenvalue weighted by molar-refractivity contribution is -0.0337. The van der Waals surface area contributed by atoms with Crippen LogP contribution in [0, 0.1) is 0 Å². The normalized spacial score (nSPS) is 29.0. The Kier molecular flexibility index (Phi) is 6.43. The first kappa shape index (κ1) is 20.2. The molecule has 0 spiro atoms. The van der Waals surface area contributed by atoms with E-state index in [1.165, 1.54) is 5.56 Å². The fourth-order valence-corrected chi connectivity index (χ4v) is 4.11. The Bertz CT molecular complexity index is 604. The highest BCUT2D eigenvalue weighted by molar-refractivity contribution is 5.69. The fourth-order valence-electron chi connectivity index (χ4n) is 4.11. The van der Waals surface area contributed by atoms with E-state index in [1.54, 1.807) is 4.90 Å². The third kappa shape index (κ3) is 5.45. The predicted molar refractivity (Wildman–Crippen MR) is 105 cm³/mol. The largest absolute Gasteiger partial charge is 0.444 e. The third-order valence-corrected chi connectivity index (χ3v) is 5.59. The number of rotatable bonds is 4. The summed E-state index contributed by atoms with van der Waals surface area (Å²) in [4.78, 5) is 14.0. The Morgan fingerprint density at radius 3 is 2.41 bits per heavy atom. The Morgan fingerprint density at radius 2 is 1.78 bits per heavy atom. The molecule has 1 aromatic carbocycles. The second kappa shape index (κ2) is 8.61. The van der Waals surface area contributed by atoms with Crippen LogP contribution in [0.5, 0.6) is 0 Å². The van der Waals surface area contributed by atoms with E-state index in [4.69, 9.17) is 9.47 Å². The predicted octanol–water partition coefficient (Wildman–Crippen LogP) is 4.10. The Labute approximate surface area is 162 Å². The quantitative estimate of drug-likeness (QED) is 0.861. The van der Waals surface area contributed by atoms with Gasteiger partial charge in [-0.05, 0) is 64.4 Å². The summed E-state index contributed by atoms with van der Waals surface area (Å²) in [6.07, 6.45) is 4.17. The molecule has 2 atom stereocenters. The second-order valence-corrected chi connectivity index (χ2v) is 8.81. The topological polar surface area (TPSA) is 59.0 Å². The number of aliphatic hydroxyl groups excluding tert-OH is 1. The zero-order valence-corrected chi connectivity index (χ0v) is 16.8. The molecule has 2 fully saturated rings. The van der Waals surface area contributed by atoms with E-state index in [0.29, 0.717) is 25.5 Å². The first-order valence-electron chi connectivity index (χ1n) is 10.2. The lowest BCUT2D eigenvalue weighted by Gasteiger charge is -2.32. The van der Waals surface area contributed by atoms with Crippen LogP contribution in [0.25, 0.3) is 0 Å². The van der Waals surface area contributed by atoms with Crippen molar-refractivity contribution in [3.8, 4) is 0 Å². The third-order valence-electron chi connectivity index (χ3n) is 5.59. The van der Waals surface area contributed by atoms with E-state index in [2.05, 4.69) is 30.3 Å². The van der Waals surface area contributed by atoms with E-state index in [9.17, 15) is 9.90 Å². The number of hydrogen-bond donors (Lipinski definition) is 1. The van der Waals surface area contributed by atoms with Crippen LogP contribution in [0.2, 0.25) is 0 Å². The van der Waals surface area contributed by atoms with Crippen LogP contribution in [-0.2, 0) is 9.47 Å². The number of carbonyl (C=O) groups excluding carboxylic acids is 1. The average Bonchev–Trinajstić information content (AvgIpc) is 3.00.